The highest BCUT2D eigenvalue weighted by molar-refractivity contribution is 5.95. The number of benzene rings is 1. The summed E-state index contributed by atoms with van der Waals surface area (Å²) in [7, 11) is 1.69. The first-order chi connectivity index (χ1) is 16.2. The van der Waals surface area contributed by atoms with E-state index in [0.717, 1.165) is 30.6 Å². The molecule has 0 aliphatic carbocycles. The molecule has 2 aliphatic heterocycles. The summed E-state index contributed by atoms with van der Waals surface area (Å²) in [6, 6.07) is 6.93. The number of carbonyl (C=O) groups is 3. The number of nitrogens with zero attached hydrogens (tertiary/aromatic N) is 3. The van der Waals surface area contributed by atoms with Gasteiger partial charge in [-0.1, -0.05) is 38.1 Å². The van der Waals surface area contributed by atoms with Crippen LogP contribution in [-0.4, -0.2) is 79.0 Å². The standard InChI is InChI=1S/C26H38N4O4/c1-6-34-25(32)23-21(17-29-12-9-13-30(15-14-29)22(31)16-18(2)3)28(5)26(33)27-24(23)20-11-8-7-10-19(20)4/h7-8,10-11,18,24H,6,9,12-17H2,1-5H3,(H,27,33)/t24-/m0/s1. The molecule has 1 fully saturated rings. The average molecular weight is 471 g/mol. The Morgan fingerprint density at radius 1 is 1.15 bits per heavy atom. The van der Waals surface area contributed by atoms with Crippen LogP contribution in [0.15, 0.2) is 35.5 Å². The van der Waals surface area contributed by atoms with Crippen LogP contribution < -0.4 is 5.32 Å². The minimum absolute atomic E-state index is 0.192. The number of likely N-dealkylation sites (N-methyl/N-ethyl adjacent to an activating group) is 1. The van der Waals surface area contributed by atoms with Crippen LogP contribution in [0.5, 0.6) is 0 Å². The monoisotopic (exact) mass is 470 g/mol. The van der Waals surface area contributed by atoms with E-state index in [0.29, 0.717) is 43.2 Å². The molecule has 0 spiro atoms. The van der Waals surface area contributed by atoms with Crippen molar-refractivity contribution >= 4 is 17.9 Å². The predicted molar refractivity (Wildman–Crippen MR) is 131 cm³/mol. The minimum atomic E-state index is -0.574. The quantitative estimate of drug-likeness (QED) is 0.620. The molecule has 0 saturated carbocycles. The molecule has 2 heterocycles. The highest BCUT2D eigenvalue weighted by Crippen LogP contribution is 2.33. The van der Waals surface area contributed by atoms with Crippen molar-refractivity contribution < 1.29 is 19.1 Å². The van der Waals surface area contributed by atoms with Gasteiger partial charge in [-0.15, -0.1) is 0 Å². The third-order valence-electron chi connectivity index (χ3n) is 6.47. The van der Waals surface area contributed by atoms with Crippen molar-refractivity contribution in [2.24, 2.45) is 5.92 Å². The van der Waals surface area contributed by atoms with E-state index in [4.69, 9.17) is 4.74 Å². The van der Waals surface area contributed by atoms with Gasteiger partial charge >= 0.3 is 12.0 Å². The van der Waals surface area contributed by atoms with Gasteiger partial charge in [-0.25, -0.2) is 9.59 Å². The van der Waals surface area contributed by atoms with Crippen LogP contribution >= 0.6 is 0 Å². The second-order valence-corrected chi connectivity index (χ2v) is 9.49. The molecule has 34 heavy (non-hydrogen) atoms. The largest absolute Gasteiger partial charge is 0.463 e. The number of amides is 3. The Hall–Kier alpha value is -2.87. The molecule has 1 atom stereocenters. The number of nitrogens with one attached hydrogen (secondary N) is 1. The van der Waals surface area contributed by atoms with Gasteiger partial charge in [-0.2, -0.15) is 0 Å². The molecule has 3 amide bonds. The molecule has 186 valence electrons. The van der Waals surface area contributed by atoms with Gasteiger partial charge in [0.05, 0.1) is 18.2 Å². The molecule has 0 radical (unpaired) electrons. The third kappa shape index (κ3) is 5.97. The van der Waals surface area contributed by atoms with Crippen molar-refractivity contribution in [3.05, 3.63) is 46.7 Å². The number of rotatable bonds is 7. The van der Waals surface area contributed by atoms with Crippen LogP contribution in [0, 0.1) is 12.8 Å². The first-order valence-electron chi connectivity index (χ1n) is 12.2. The average Bonchev–Trinajstić information content (AvgIpc) is 3.02. The number of ether oxygens (including phenoxy) is 1. The van der Waals surface area contributed by atoms with Crippen LogP contribution in [-0.2, 0) is 14.3 Å². The fraction of sp³-hybridized carbons (Fsp3) is 0.577. The van der Waals surface area contributed by atoms with Gasteiger partial charge in [0.15, 0.2) is 0 Å². The minimum Gasteiger partial charge on any atom is -0.463 e. The Morgan fingerprint density at radius 2 is 1.88 bits per heavy atom. The van der Waals surface area contributed by atoms with E-state index in [-0.39, 0.29) is 18.5 Å². The lowest BCUT2D eigenvalue weighted by Crippen LogP contribution is -2.49. The normalized spacial score (nSPS) is 19.8. The molecular formula is C26H38N4O4. The molecule has 8 heteroatoms. The SMILES string of the molecule is CCOC(=O)C1=C(CN2CCCN(C(=O)CC(C)C)CC2)N(C)C(=O)N[C@H]1c1ccccc1C. The number of urea groups is 1. The maximum atomic E-state index is 13.2. The first kappa shape index (κ1) is 25.7. The fourth-order valence-electron chi connectivity index (χ4n) is 4.61. The molecule has 1 saturated heterocycles. The van der Waals surface area contributed by atoms with Gasteiger partial charge < -0.3 is 15.0 Å². The molecule has 1 N–H and O–H groups in total. The summed E-state index contributed by atoms with van der Waals surface area (Å²) in [5.41, 5.74) is 2.99. The van der Waals surface area contributed by atoms with E-state index in [1.54, 1.807) is 14.0 Å². The molecule has 8 nitrogen and oxygen atoms in total. The van der Waals surface area contributed by atoms with Gasteiger partial charge in [0.25, 0.3) is 0 Å². The highest BCUT2D eigenvalue weighted by atomic mass is 16.5. The van der Waals surface area contributed by atoms with Crippen LogP contribution in [0.1, 0.15) is 50.8 Å². The van der Waals surface area contributed by atoms with Crippen LogP contribution in [0.25, 0.3) is 0 Å². The second kappa shape index (κ2) is 11.5. The van der Waals surface area contributed by atoms with Crippen molar-refractivity contribution in [3.63, 3.8) is 0 Å². The molecule has 1 aromatic carbocycles. The van der Waals surface area contributed by atoms with Crippen LogP contribution in [0.3, 0.4) is 0 Å². The maximum Gasteiger partial charge on any atom is 0.338 e. The van der Waals surface area contributed by atoms with Gasteiger partial charge in [-0.3, -0.25) is 14.6 Å². The predicted octanol–water partition coefficient (Wildman–Crippen LogP) is 3.09. The lowest BCUT2D eigenvalue weighted by Gasteiger charge is -2.37. The fourth-order valence-corrected chi connectivity index (χ4v) is 4.61. The van der Waals surface area contributed by atoms with E-state index < -0.39 is 12.0 Å². The van der Waals surface area contributed by atoms with Crippen molar-refractivity contribution in [2.75, 3.05) is 46.4 Å². The third-order valence-corrected chi connectivity index (χ3v) is 6.47. The van der Waals surface area contributed by atoms with Crippen molar-refractivity contribution in [3.8, 4) is 0 Å². The van der Waals surface area contributed by atoms with Gasteiger partial charge in [0, 0.05) is 51.9 Å². The summed E-state index contributed by atoms with van der Waals surface area (Å²) < 4.78 is 5.44. The Morgan fingerprint density at radius 3 is 2.56 bits per heavy atom. The van der Waals surface area contributed by atoms with Crippen LogP contribution in [0.2, 0.25) is 0 Å². The summed E-state index contributed by atoms with van der Waals surface area (Å²) in [4.78, 5) is 44.4. The number of esters is 1. The number of hydrogen-bond acceptors (Lipinski definition) is 5. The smallest absolute Gasteiger partial charge is 0.338 e. The topological polar surface area (TPSA) is 82.2 Å². The van der Waals surface area contributed by atoms with Crippen molar-refractivity contribution in [2.45, 2.75) is 46.6 Å². The zero-order valence-corrected chi connectivity index (χ0v) is 21.1. The van der Waals surface area contributed by atoms with E-state index in [2.05, 4.69) is 24.1 Å². The molecule has 3 rings (SSSR count). The first-order valence-corrected chi connectivity index (χ1v) is 12.2. The van der Waals surface area contributed by atoms with E-state index >= 15 is 0 Å². The Balaban J connectivity index is 1.91. The van der Waals surface area contributed by atoms with Gasteiger partial charge in [-0.05, 0) is 37.3 Å². The zero-order chi connectivity index (χ0) is 24.8. The Labute approximate surface area is 202 Å². The van der Waals surface area contributed by atoms with Crippen LogP contribution in [0.4, 0.5) is 4.79 Å². The van der Waals surface area contributed by atoms with Crippen molar-refractivity contribution in [1.29, 1.82) is 0 Å². The number of carbonyl (C=O) groups excluding carboxylic acids is 3. The van der Waals surface area contributed by atoms with Gasteiger partial charge in [0.1, 0.15) is 0 Å². The van der Waals surface area contributed by atoms with E-state index in [9.17, 15) is 14.4 Å². The lowest BCUT2D eigenvalue weighted by molar-refractivity contribution is -0.139. The molecular weight excluding hydrogens is 432 g/mol. The molecule has 0 aromatic heterocycles. The molecule has 0 bridgehead atoms. The molecule has 2 aliphatic rings. The van der Waals surface area contributed by atoms with Crippen molar-refractivity contribution in [1.82, 2.24) is 20.0 Å². The zero-order valence-electron chi connectivity index (χ0n) is 21.1. The summed E-state index contributed by atoms with van der Waals surface area (Å²) in [5, 5.41) is 2.99. The van der Waals surface area contributed by atoms with E-state index in [1.165, 1.54) is 4.90 Å². The molecule has 1 aromatic rings. The Kier molecular flexibility index (Phi) is 8.72. The summed E-state index contributed by atoms with van der Waals surface area (Å²) >= 11 is 0. The summed E-state index contributed by atoms with van der Waals surface area (Å²) in [6.45, 7) is 11.4. The second-order valence-electron chi connectivity index (χ2n) is 9.49. The molecule has 0 unspecified atom stereocenters. The Bertz CT molecular complexity index is 942. The summed E-state index contributed by atoms with van der Waals surface area (Å²) in [5.74, 6) is 0.107. The highest BCUT2D eigenvalue weighted by Gasteiger charge is 2.38. The number of hydrogen-bond donors (Lipinski definition) is 1. The maximum absolute atomic E-state index is 13.2. The lowest BCUT2D eigenvalue weighted by atomic mass is 9.91. The summed E-state index contributed by atoms with van der Waals surface area (Å²) in [6.07, 6.45) is 1.40. The number of aryl methyl sites for hydroxylation is 1. The van der Waals surface area contributed by atoms with E-state index in [1.807, 2.05) is 36.1 Å². The van der Waals surface area contributed by atoms with Gasteiger partial charge in [0.2, 0.25) is 5.91 Å².